The zero-order valence-electron chi connectivity index (χ0n) is 10.7. The summed E-state index contributed by atoms with van der Waals surface area (Å²) in [5, 5.41) is 0. The van der Waals surface area contributed by atoms with Crippen LogP contribution in [0.15, 0.2) is 24.3 Å². The van der Waals surface area contributed by atoms with Crippen LogP contribution < -0.4 is 10.6 Å². The molecule has 1 aromatic carbocycles. The number of hydrogen-bond acceptors (Lipinski definition) is 2. The quantitative estimate of drug-likeness (QED) is 0.705. The van der Waals surface area contributed by atoms with E-state index in [0.29, 0.717) is 0 Å². The molecule has 0 aliphatic carbocycles. The predicted octanol–water partition coefficient (Wildman–Crippen LogP) is 3.17. The zero-order valence-corrected chi connectivity index (χ0v) is 10.7. The average molecular weight is 238 g/mol. The molecule has 1 aromatic rings. The lowest BCUT2D eigenvalue weighted by atomic mass is 10.2. The highest BCUT2D eigenvalue weighted by Gasteiger charge is 2.04. The van der Waals surface area contributed by atoms with Crippen LogP contribution in [0.2, 0.25) is 0 Å². The van der Waals surface area contributed by atoms with Gasteiger partial charge in [-0.25, -0.2) is 4.39 Å². The molecule has 0 atom stereocenters. The molecule has 0 saturated heterocycles. The lowest BCUT2D eigenvalue weighted by Crippen LogP contribution is -2.23. The van der Waals surface area contributed by atoms with Crippen molar-refractivity contribution in [2.24, 2.45) is 5.73 Å². The number of rotatable bonds is 8. The fourth-order valence-corrected chi connectivity index (χ4v) is 1.94. The summed E-state index contributed by atoms with van der Waals surface area (Å²) >= 11 is 0. The van der Waals surface area contributed by atoms with Gasteiger partial charge in [-0.3, -0.25) is 0 Å². The number of anilines is 1. The van der Waals surface area contributed by atoms with Gasteiger partial charge in [0.1, 0.15) is 5.82 Å². The van der Waals surface area contributed by atoms with E-state index in [-0.39, 0.29) is 5.82 Å². The van der Waals surface area contributed by atoms with E-state index in [1.54, 1.807) is 12.1 Å². The molecule has 96 valence electrons. The van der Waals surface area contributed by atoms with Gasteiger partial charge in [-0.05, 0) is 44.5 Å². The van der Waals surface area contributed by atoms with Crippen LogP contribution in [0.25, 0.3) is 0 Å². The molecule has 0 bridgehead atoms. The van der Waals surface area contributed by atoms with E-state index < -0.39 is 0 Å². The lowest BCUT2D eigenvalue weighted by molar-refractivity contribution is 0.620. The molecule has 0 heterocycles. The molecule has 0 fully saturated rings. The largest absolute Gasteiger partial charge is 0.372 e. The lowest BCUT2D eigenvalue weighted by Gasteiger charge is -2.23. The molecule has 0 amide bonds. The monoisotopic (exact) mass is 238 g/mol. The highest BCUT2D eigenvalue weighted by molar-refractivity contribution is 5.46. The van der Waals surface area contributed by atoms with Crippen LogP contribution in [0, 0.1) is 5.82 Å². The second-order valence-corrected chi connectivity index (χ2v) is 4.26. The van der Waals surface area contributed by atoms with Gasteiger partial charge in [-0.1, -0.05) is 18.9 Å². The molecular formula is C14H23FN2. The minimum atomic E-state index is -0.163. The van der Waals surface area contributed by atoms with Crippen molar-refractivity contribution in [2.45, 2.75) is 32.6 Å². The molecule has 2 N–H and O–H groups in total. The molecule has 0 aromatic heterocycles. The standard InChI is InChI=1S/C14H23FN2/c1-2-17(11-6-4-3-5-10-16)14-9-7-8-13(15)12-14/h7-9,12H,2-6,10-11,16H2,1H3. The fraction of sp³-hybridized carbons (Fsp3) is 0.571. The van der Waals surface area contributed by atoms with Crippen molar-refractivity contribution in [3.05, 3.63) is 30.1 Å². The van der Waals surface area contributed by atoms with Crippen molar-refractivity contribution in [1.82, 2.24) is 0 Å². The van der Waals surface area contributed by atoms with E-state index in [9.17, 15) is 4.39 Å². The molecule has 0 aliphatic rings. The number of unbranched alkanes of at least 4 members (excludes halogenated alkanes) is 3. The normalized spacial score (nSPS) is 10.5. The van der Waals surface area contributed by atoms with Crippen molar-refractivity contribution in [3.8, 4) is 0 Å². The Kier molecular flexibility index (Phi) is 6.63. The van der Waals surface area contributed by atoms with E-state index in [1.807, 2.05) is 6.07 Å². The number of halogens is 1. The summed E-state index contributed by atoms with van der Waals surface area (Å²) in [5.74, 6) is -0.163. The highest BCUT2D eigenvalue weighted by Crippen LogP contribution is 2.16. The third kappa shape index (κ3) is 5.18. The fourth-order valence-electron chi connectivity index (χ4n) is 1.94. The number of hydrogen-bond donors (Lipinski definition) is 1. The SMILES string of the molecule is CCN(CCCCCCN)c1cccc(F)c1. The summed E-state index contributed by atoms with van der Waals surface area (Å²) in [5.41, 5.74) is 6.43. The molecule has 0 saturated carbocycles. The summed E-state index contributed by atoms with van der Waals surface area (Å²) < 4.78 is 13.1. The van der Waals surface area contributed by atoms with Crippen LogP contribution >= 0.6 is 0 Å². The van der Waals surface area contributed by atoms with Gasteiger partial charge < -0.3 is 10.6 Å². The van der Waals surface area contributed by atoms with Gasteiger partial charge in [0.15, 0.2) is 0 Å². The maximum atomic E-state index is 13.1. The second kappa shape index (κ2) is 8.07. The molecular weight excluding hydrogens is 215 g/mol. The minimum absolute atomic E-state index is 0.163. The van der Waals surface area contributed by atoms with Gasteiger partial charge >= 0.3 is 0 Å². The number of nitrogens with two attached hydrogens (primary N) is 1. The molecule has 0 spiro atoms. The summed E-state index contributed by atoms with van der Waals surface area (Å²) in [4.78, 5) is 2.21. The van der Waals surface area contributed by atoms with Crippen LogP contribution in [0.5, 0.6) is 0 Å². The Morgan fingerprint density at radius 1 is 1.18 bits per heavy atom. The third-order valence-corrected chi connectivity index (χ3v) is 2.94. The van der Waals surface area contributed by atoms with Gasteiger partial charge in [-0.2, -0.15) is 0 Å². The van der Waals surface area contributed by atoms with Crippen LogP contribution in [0.4, 0.5) is 10.1 Å². The van der Waals surface area contributed by atoms with E-state index in [2.05, 4.69) is 11.8 Å². The Balaban J connectivity index is 2.38. The number of nitrogens with zero attached hydrogens (tertiary/aromatic N) is 1. The van der Waals surface area contributed by atoms with Crippen LogP contribution in [0.1, 0.15) is 32.6 Å². The first kappa shape index (κ1) is 14.0. The van der Waals surface area contributed by atoms with Crippen LogP contribution in [0.3, 0.4) is 0 Å². The Morgan fingerprint density at radius 2 is 1.94 bits per heavy atom. The smallest absolute Gasteiger partial charge is 0.125 e. The Labute approximate surface area is 104 Å². The first-order valence-corrected chi connectivity index (χ1v) is 6.48. The van der Waals surface area contributed by atoms with Gasteiger partial charge in [0.25, 0.3) is 0 Å². The second-order valence-electron chi connectivity index (χ2n) is 4.26. The highest BCUT2D eigenvalue weighted by atomic mass is 19.1. The van der Waals surface area contributed by atoms with E-state index in [1.165, 1.54) is 18.9 Å². The first-order chi connectivity index (χ1) is 8.27. The molecule has 3 heteroatoms. The van der Waals surface area contributed by atoms with E-state index in [4.69, 9.17) is 5.73 Å². The predicted molar refractivity (Wildman–Crippen MR) is 71.8 cm³/mol. The molecule has 0 aliphatic heterocycles. The molecule has 2 nitrogen and oxygen atoms in total. The maximum Gasteiger partial charge on any atom is 0.125 e. The van der Waals surface area contributed by atoms with Gasteiger partial charge in [0, 0.05) is 18.8 Å². The van der Waals surface area contributed by atoms with Gasteiger partial charge in [0.2, 0.25) is 0 Å². The Morgan fingerprint density at radius 3 is 2.59 bits per heavy atom. The minimum Gasteiger partial charge on any atom is -0.372 e. The van der Waals surface area contributed by atoms with Crippen molar-refractivity contribution >= 4 is 5.69 Å². The zero-order chi connectivity index (χ0) is 12.5. The van der Waals surface area contributed by atoms with Crippen molar-refractivity contribution in [2.75, 3.05) is 24.5 Å². The van der Waals surface area contributed by atoms with Crippen LogP contribution in [-0.2, 0) is 0 Å². The number of benzene rings is 1. The summed E-state index contributed by atoms with van der Waals surface area (Å²) in [6.07, 6.45) is 4.64. The molecule has 0 radical (unpaired) electrons. The summed E-state index contributed by atoms with van der Waals surface area (Å²) in [6, 6.07) is 6.82. The van der Waals surface area contributed by atoms with E-state index >= 15 is 0 Å². The first-order valence-electron chi connectivity index (χ1n) is 6.48. The van der Waals surface area contributed by atoms with Crippen molar-refractivity contribution < 1.29 is 4.39 Å². The van der Waals surface area contributed by atoms with E-state index in [0.717, 1.165) is 38.2 Å². The Hall–Kier alpha value is -1.09. The van der Waals surface area contributed by atoms with Gasteiger partial charge in [0.05, 0.1) is 0 Å². The summed E-state index contributed by atoms with van der Waals surface area (Å²) in [7, 11) is 0. The van der Waals surface area contributed by atoms with Gasteiger partial charge in [-0.15, -0.1) is 0 Å². The molecule has 1 rings (SSSR count). The Bertz CT molecular complexity index is 315. The van der Waals surface area contributed by atoms with Crippen LogP contribution in [-0.4, -0.2) is 19.6 Å². The van der Waals surface area contributed by atoms with Crippen molar-refractivity contribution in [3.63, 3.8) is 0 Å². The average Bonchev–Trinajstić information content (AvgIpc) is 2.34. The third-order valence-electron chi connectivity index (χ3n) is 2.94. The van der Waals surface area contributed by atoms with Crippen molar-refractivity contribution in [1.29, 1.82) is 0 Å². The molecule has 17 heavy (non-hydrogen) atoms. The molecule has 0 unspecified atom stereocenters. The summed E-state index contributed by atoms with van der Waals surface area (Å²) in [6.45, 7) is 4.79. The maximum absolute atomic E-state index is 13.1. The topological polar surface area (TPSA) is 29.3 Å².